The summed E-state index contributed by atoms with van der Waals surface area (Å²) in [5.41, 5.74) is 1.99. The third-order valence-electron chi connectivity index (χ3n) is 3.62. The lowest BCUT2D eigenvalue weighted by molar-refractivity contribution is 0.201. The van der Waals surface area contributed by atoms with Crippen LogP contribution in [0.4, 0.5) is 0 Å². The highest BCUT2D eigenvalue weighted by molar-refractivity contribution is 5.43. The number of nitrogens with zero attached hydrogens (tertiary/aromatic N) is 1. The molecule has 0 amide bonds. The number of hydrogen-bond donors (Lipinski definition) is 2. The second kappa shape index (κ2) is 6.03. The van der Waals surface area contributed by atoms with E-state index in [1.807, 2.05) is 24.3 Å². The molecule has 1 fully saturated rings. The number of aromatic hydroxyl groups is 1. The number of hydrogen-bond acceptors (Lipinski definition) is 3. The summed E-state index contributed by atoms with van der Waals surface area (Å²) >= 11 is 0. The Morgan fingerprint density at radius 3 is 2.78 bits per heavy atom. The van der Waals surface area contributed by atoms with Crippen LogP contribution in [0, 0.1) is 0 Å². The monoisotopic (exact) mass is 246 g/mol. The van der Waals surface area contributed by atoms with Crippen molar-refractivity contribution in [2.45, 2.75) is 19.4 Å². The van der Waals surface area contributed by atoms with E-state index in [1.165, 1.54) is 0 Å². The summed E-state index contributed by atoms with van der Waals surface area (Å²) in [5.74, 6) is 0.434. The molecule has 0 saturated carbocycles. The molecule has 3 nitrogen and oxygen atoms in total. The molecule has 1 heterocycles. The summed E-state index contributed by atoms with van der Waals surface area (Å²) in [6.45, 7) is 9.98. The molecule has 0 spiro atoms. The fourth-order valence-corrected chi connectivity index (χ4v) is 2.57. The van der Waals surface area contributed by atoms with Gasteiger partial charge >= 0.3 is 0 Å². The number of phenolic OH excluding ortho intramolecular Hbond substituents is 1. The zero-order chi connectivity index (χ0) is 13.0. The lowest BCUT2D eigenvalue weighted by Gasteiger charge is -2.34. The van der Waals surface area contributed by atoms with Crippen LogP contribution in [-0.4, -0.2) is 36.2 Å². The van der Waals surface area contributed by atoms with Gasteiger partial charge < -0.3 is 10.4 Å². The summed E-state index contributed by atoms with van der Waals surface area (Å²) in [6, 6.07) is 6.12. The van der Waals surface area contributed by atoms with Crippen molar-refractivity contribution < 1.29 is 5.11 Å². The van der Waals surface area contributed by atoms with Crippen molar-refractivity contribution in [1.29, 1.82) is 0 Å². The van der Waals surface area contributed by atoms with Crippen molar-refractivity contribution in [3.8, 4) is 5.75 Å². The second-order valence-electron chi connectivity index (χ2n) is 4.68. The molecule has 1 aliphatic rings. The molecule has 1 atom stereocenters. The minimum Gasteiger partial charge on any atom is -0.507 e. The van der Waals surface area contributed by atoms with E-state index in [1.54, 1.807) is 0 Å². The number of benzene rings is 1. The van der Waals surface area contributed by atoms with E-state index < -0.39 is 0 Å². The van der Waals surface area contributed by atoms with Gasteiger partial charge in [-0.3, -0.25) is 4.90 Å². The van der Waals surface area contributed by atoms with E-state index in [9.17, 15) is 5.11 Å². The molecule has 1 aromatic carbocycles. The molecule has 1 aliphatic heterocycles. The molecule has 0 unspecified atom stereocenters. The summed E-state index contributed by atoms with van der Waals surface area (Å²) in [7, 11) is 0. The van der Waals surface area contributed by atoms with Crippen molar-refractivity contribution >= 4 is 0 Å². The van der Waals surface area contributed by atoms with Gasteiger partial charge in [0.1, 0.15) is 5.75 Å². The fourth-order valence-electron chi connectivity index (χ4n) is 2.57. The van der Waals surface area contributed by atoms with Crippen LogP contribution in [0.5, 0.6) is 5.75 Å². The molecule has 1 saturated heterocycles. The first-order valence-electron chi connectivity index (χ1n) is 6.66. The van der Waals surface area contributed by atoms with Crippen LogP contribution >= 0.6 is 0 Å². The third-order valence-corrected chi connectivity index (χ3v) is 3.62. The highest BCUT2D eigenvalue weighted by Gasteiger charge is 2.22. The highest BCUT2D eigenvalue weighted by atomic mass is 16.3. The van der Waals surface area contributed by atoms with E-state index >= 15 is 0 Å². The topological polar surface area (TPSA) is 35.5 Å². The van der Waals surface area contributed by atoms with Crippen LogP contribution in [0.25, 0.3) is 0 Å². The molecular weight excluding hydrogens is 224 g/mol. The first-order chi connectivity index (χ1) is 8.77. The van der Waals surface area contributed by atoms with Crippen LogP contribution < -0.4 is 5.32 Å². The number of phenols is 1. The molecule has 98 valence electrons. The predicted molar refractivity (Wildman–Crippen MR) is 74.9 cm³/mol. The lowest BCUT2D eigenvalue weighted by Crippen LogP contribution is -2.44. The van der Waals surface area contributed by atoms with E-state index in [4.69, 9.17) is 0 Å². The van der Waals surface area contributed by atoms with Crippen LogP contribution in [-0.2, 0) is 6.42 Å². The van der Waals surface area contributed by atoms with Gasteiger partial charge in [0.15, 0.2) is 0 Å². The second-order valence-corrected chi connectivity index (χ2v) is 4.68. The predicted octanol–water partition coefficient (Wildman–Crippen LogP) is 2.09. The Morgan fingerprint density at radius 1 is 1.44 bits per heavy atom. The van der Waals surface area contributed by atoms with Crippen LogP contribution in [0.1, 0.15) is 24.1 Å². The molecule has 0 radical (unpaired) electrons. The van der Waals surface area contributed by atoms with Gasteiger partial charge in [0.25, 0.3) is 0 Å². The summed E-state index contributed by atoms with van der Waals surface area (Å²) in [6.07, 6.45) is 2.78. The molecule has 2 N–H and O–H groups in total. The van der Waals surface area contributed by atoms with Crippen molar-refractivity contribution in [2.75, 3.05) is 26.2 Å². The Balaban J connectivity index is 2.29. The van der Waals surface area contributed by atoms with Crippen molar-refractivity contribution in [3.05, 3.63) is 42.0 Å². The molecule has 0 aromatic heterocycles. The van der Waals surface area contributed by atoms with Crippen LogP contribution in [0.15, 0.2) is 30.9 Å². The zero-order valence-electron chi connectivity index (χ0n) is 11.0. The highest BCUT2D eigenvalue weighted by Crippen LogP contribution is 2.32. The Morgan fingerprint density at radius 2 is 2.17 bits per heavy atom. The van der Waals surface area contributed by atoms with Gasteiger partial charge in [-0.2, -0.15) is 0 Å². The van der Waals surface area contributed by atoms with Gasteiger partial charge in [-0.15, -0.1) is 6.58 Å². The van der Waals surface area contributed by atoms with Gasteiger partial charge in [-0.1, -0.05) is 31.2 Å². The smallest absolute Gasteiger partial charge is 0.123 e. The molecule has 0 bridgehead atoms. The normalized spacial score (nSPS) is 18.5. The van der Waals surface area contributed by atoms with Crippen LogP contribution in [0.3, 0.4) is 0 Å². The third kappa shape index (κ3) is 2.57. The Bertz CT molecular complexity index is 411. The lowest BCUT2D eigenvalue weighted by atomic mass is 9.99. The van der Waals surface area contributed by atoms with Gasteiger partial charge in [0, 0.05) is 31.7 Å². The van der Waals surface area contributed by atoms with Crippen molar-refractivity contribution in [1.82, 2.24) is 10.2 Å². The summed E-state index contributed by atoms with van der Waals surface area (Å²) in [4.78, 5) is 2.36. The van der Waals surface area contributed by atoms with E-state index in [0.717, 1.165) is 43.7 Å². The van der Waals surface area contributed by atoms with Gasteiger partial charge in [-0.05, 0) is 12.0 Å². The average molecular weight is 246 g/mol. The van der Waals surface area contributed by atoms with Crippen molar-refractivity contribution in [3.63, 3.8) is 0 Å². The largest absolute Gasteiger partial charge is 0.507 e. The van der Waals surface area contributed by atoms with Gasteiger partial charge in [0.05, 0.1) is 6.04 Å². The minimum absolute atomic E-state index is 0.110. The molecule has 0 aliphatic carbocycles. The number of piperazine rings is 1. The maximum atomic E-state index is 10.3. The van der Waals surface area contributed by atoms with Gasteiger partial charge in [0.2, 0.25) is 0 Å². The van der Waals surface area contributed by atoms with E-state index in [-0.39, 0.29) is 6.04 Å². The Hall–Kier alpha value is -1.32. The summed E-state index contributed by atoms with van der Waals surface area (Å²) < 4.78 is 0. The number of para-hydroxylation sites is 1. The maximum absolute atomic E-state index is 10.3. The number of rotatable bonds is 4. The fraction of sp³-hybridized carbons (Fsp3) is 0.467. The standard InChI is InChI=1S/C15H22N2O/c1-3-12-6-5-7-13(15(12)18)14(4-2)17-10-8-16-9-11-17/h4-7,14,16,18H,2-3,8-11H2,1H3/t14-/m1/s1. The number of nitrogens with one attached hydrogen (secondary N) is 1. The minimum atomic E-state index is 0.110. The quantitative estimate of drug-likeness (QED) is 0.799. The average Bonchev–Trinajstić information content (AvgIpc) is 2.43. The maximum Gasteiger partial charge on any atom is 0.123 e. The first kappa shape index (κ1) is 13.1. The SMILES string of the molecule is C=C[C@H](c1cccc(CC)c1O)N1CCNCC1. The van der Waals surface area contributed by atoms with Crippen LogP contribution in [0.2, 0.25) is 0 Å². The molecule has 2 rings (SSSR count). The molecular formula is C15H22N2O. The Kier molecular flexibility index (Phi) is 4.39. The molecule has 3 heteroatoms. The van der Waals surface area contributed by atoms with E-state index in [0.29, 0.717) is 5.75 Å². The molecule has 18 heavy (non-hydrogen) atoms. The van der Waals surface area contributed by atoms with Gasteiger partial charge in [-0.25, -0.2) is 0 Å². The Labute approximate surface area is 109 Å². The zero-order valence-corrected chi connectivity index (χ0v) is 11.0. The first-order valence-corrected chi connectivity index (χ1v) is 6.66. The number of aryl methyl sites for hydroxylation is 1. The van der Waals surface area contributed by atoms with E-state index in [2.05, 4.69) is 23.7 Å². The van der Waals surface area contributed by atoms with Crippen molar-refractivity contribution in [2.24, 2.45) is 0 Å². The molecule has 1 aromatic rings. The summed E-state index contributed by atoms with van der Waals surface area (Å²) in [5, 5.41) is 13.7.